The van der Waals surface area contributed by atoms with Crippen LogP contribution in [0.1, 0.15) is 47.4 Å². The highest BCUT2D eigenvalue weighted by atomic mass is 16.5. The molecule has 1 aliphatic rings. The second-order valence-corrected chi connectivity index (χ2v) is 8.04. The SMILES string of the molecule is CC(C)NC(=O)c1cccc(NCC(=O)Nc2cccc(C(=O)NCC3CCCO3)c2)c1. The van der Waals surface area contributed by atoms with E-state index in [1.54, 1.807) is 48.5 Å². The van der Waals surface area contributed by atoms with E-state index in [0.29, 0.717) is 29.0 Å². The van der Waals surface area contributed by atoms with E-state index in [1.165, 1.54) is 0 Å². The minimum Gasteiger partial charge on any atom is -0.376 e. The molecule has 1 aliphatic heterocycles. The minimum atomic E-state index is -0.265. The van der Waals surface area contributed by atoms with E-state index in [0.717, 1.165) is 19.4 Å². The molecular formula is C24H30N4O4. The lowest BCUT2D eigenvalue weighted by Gasteiger charge is -2.12. The van der Waals surface area contributed by atoms with Crippen molar-refractivity contribution in [1.82, 2.24) is 10.6 Å². The molecule has 8 nitrogen and oxygen atoms in total. The molecule has 0 aromatic heterocycles. The van der Waals surface area contributed by atoms with Crippen molar-refractivity contribution in [3.8, 4) is 0 Å². The van der Waals surface area contributed by atoms with Crippen LogP contribution < -0.4 is 21.3 Å². The largest absolute Gasteiger partial charge is 0.376 e. The van der Waals surface area contributed by atoms with Gasteiger partial charge in [0.05, 0.1) is 12.6 Å². The zero-order valence-electron chi connectivity index (χ0n) is 18.4. The third-order valence-electron chi connectivity index (χ3n) is 4.92. The van der Waals surface area contributed by atoms with Gasteiger partial charge in [0, 0.05) is 41.7 Å². The quantitative estimate of drug-likeness (QED) is 0.481. The number of carbonyl (C=O) groups is 3. The van der Waals surface area contributed by atoms with E-state index >= 15 is 0 Å². The third kappa shape index (κ3) is 7.09. The Labute approximate surface area is 188 Å². The molecule has 0 saturated carbocycles. The Balaban J connectivity index is 1.50. The number of hydrogen-bond acceptors (Lipinski definition) is 5. The number of amides is 3. The molecule has 1 atom stereocenters. The third-order valence-corrected chi connectivity index (χ3v) is 4.92. The summed E-state index contributed by atoms with van der Waals surface area (Å²) in [5, 5.41) is 11.5. The van der Waals surface area contributed by atoms with Gasteiger partial charge in [-0.05, 0) is 63.1 Å². The van der Waals surface area contributed by atoms with Crippen molar-refractivity contribution in [3.63, 3.8) is 0 Å². The zero-order chi connectivity index (χ0) is 22.9. The predicted molar refractivity (Wildman–Crippen MR) is 124 cm³/mol. The Morgan fingerprint density at radius 2 is 1.69 bits per heavy atom. The topological polar surface area (TPSA) is 109 Å². The van der Waals surface area contributed by atoms with Gasteiger partial charge in [0.25, 0.3) is 11.8 Å². The summed E-state index contributed by atoms with van der Waals surface area (Å²) in [5.74, 6) is -0.632. The fourth-order valence-electron chi connectivity index (χ4n) is 3.36. The van der Waals surface area contributed by atoms with Gasteiger partial charge < -0.3 is 26.0 Å². The average Bonchev–Trinajstić information content (AvgIpc) is 3.30. The normalized spacial score (nSPS) is 15.3. The van der Waals surface area contributed by atoms with Crippen LogP contribution in [0.15, 0.2) is 48.5 Å². The van der Waals surface area contributed by atoms with Gasteiger partial charge in [0.1, 0.15) is 0 Å². The first kappa shape index (κ1) is 23.3. The minimum absolute atomic E-state index is 0.0185. The summed E-state index contributed by atoms with van der Waals surface area (Å²) in [6.45, 7) is 5.03. The van der Waals surface area contributed by atoms with Gasteiger partial charge in [-0.3, -0.25) is 14.4 Å². The number of rotatable bonds is 9. The molecule has 2 aromatic carbocycles. The highest BCUT2D eigenvalue weighted by Gasteiger charge is 2.17. The maximum atomic E-state index is 12.4. The lowest BCUT2D eigenvalue weighted by atomic mass is 10.1. The molecule has 0 radical (unpaired) electrons. The van der Waals surface area contributed by atoms with E-state index in [1.807, 2.05) is 13.8 Å². The van der Waals surface area contributed by atoms with Crippen LogP contribution in [0.2, 0.25) is 0 Å². The summed E-state index contributed by atoms with van der Waals surface area (Å²) in [4.78, 5) is 36.9. The van der Waals surface area contributed by atoms with E-state index in [4.69, 9.17) is 4.74 Å². The highest BCUT2D eigenvalue weighted by Crippen LogP contribution is 2.14. The van der Waals surface area contributed by atoms with Crippen molar-refractivity contribution in [2.75, 3.05) is 30.3 Å². The van der Waals surface area contributed by atoms with Gasteiger partial charge in [0.2, 0.25) is 5.91 Å². The zero-order valence-corrected chi connectivity index (χ0v) is 18.4. The van der Waals surface area contributed by atoms with Crippen LogP contribution in [-0.4, -0.2) is 49.6 Å². The molecule has 3 amide bonds. The van der Waals surface area contributed by atoms with Crippen LogP contribution in [0.3, 0.4) is 0 Å². The standard InChI is InChI=1S/C24H30N4O4/c1-16(2)27-24(31)18-7-3-8-19(12-18)25-15-22(29)28-20-9-4-6-17(13-20)23(30)26-14-21-10-5-11-32-21/h3-4,6-9,12-13,16,21,25H,5,10-11,14-15H2,1-2H3,(H,26,30)(H,27,31)(H,28,29). The van der Waals surface area contributed by atoms with Crippen molar-refractivity contribution < 1.29 is 19.1 Å². The number of carbonyl (C=O) groups excluding carboxylic acids is 3. The summed E-state index contributed by atoms with van der Waals surface area (Å²) in [6, 6.07) is 13.8. The average molecular weight is 439 g/mol. The van der Waals surface area contributed by atoms with Crippen molar-refractivity contribution in [3.05, 3.63) is 59.7 Å². The monoisotopic (exact) mass is 438 g/mol. The number of ether oxygens (including phenoxy) is 1. The van der Waals surface area contributed by atoms with E-state index in [2.05, 4.69) is 21.3 Å². The van der Waals surface area contributed by atoms with Gasteiger partial charge in [0.15, 0.2) is 0 Å². The molecule has 1 heterocycles. The van der Waals surface area contributed by atoms with Crippen LogP contribution >= 0.6 is 0 Å². The molecule has 1 saturated heterocycles. The number of hydrogen-bond donors (Lipinski definition) is 4. The molecule has 4 N–H and O–H groups in total. The van der Waals surface area contributed by atoms with Crippen molar-refractivity contribution in [1.29, 1.82) is 0 Å². The van der Waals surface area contributed by atoms with Crippen LogP contribution in [0.25, 0.3) is 0 Å². The smallest absolute Gasteiger partial charge is 0.251 e. The predicted octanol–water partition coefficient (Wildman–Crippen LogP) is 2.78. The molecule has 0 aliphatic carbocycles. The van der Waals surface area contributed by atoms with Crippen molar-refractivity contribution in [2.45, 2.75) is 38.8 Å². The Hall–Kier alpha value is -3.39. The molecule has 1 fully saturated rings. The molecule has 8 heteroatoms. The Morgan fingerprint density at radius 1 is 1.00 bits per heavy atom. The molecule has 2 aromatic rings. The number of benzene rings is 2. The lowest BCUT2D eigenvalue weighted by Crippen LogP contribution is -2.31. The van der Waals surface area contributed by atoms with Crippen LogP contribution in [0.4, 0.5) is 11.4 Å². The molecular weight excluding hydrogens is 408 g/mol. The van der Waals surface area contributed by atoms with Gasteiger partial charge in [-0.2, -0.15) is 0 Å². The second kappa shape index (κ2) is 11.3. The van der Waals surface area contributed by atoms with E-state index in [9.17, 15) is 14.4 Å². The maximum absolute atomic E-state index is 12.4. The summed E-state index contributed by atoms with van der Waals surface area (Å²) < 4.78 is 5.52. The van der Waals surface area contributed by atoms with E-state index < -0.39 is 0 Å². The number of anilines is 2. The highest BCUT2D eigenvalue weighted by molar-refractivity contribution is 5.98. The van der Waals surface area contributed by atoms with Crippen molar-refractivity contribution in [2.24, 2.45) is 0 Å². The molecule has 0 bridgehead atoms. The fourth-order valence-corrected chi connectivity index (χ4v) is 3.36. The Morgan fingerprint density at radius 3 is 2.38 bits per heavy atom. The summed E-state index contributed by atoms with van der Waals surface area (Å²) in [5.41, 5.74) is 2.19. The lowest BCUT2D eigenvalue weighted by molar-refractivity contribution is -0.114. The first-order chi connectivity index (χ1) is 15.4. The molecule has 0 spiro atoms. The van der Waals surface area contributed by atoms with Crippen LogP contribution in [0, 0.1) is 0 Å². The first-order valence-electron chi connectivity index (χ1n) is 10.9. The summed E-state index contributed by atoms with van der Waals surface area (Å²) >= 11 is 0. The Kier molecular flexibility index (Phi) is 8.21. The van der Waals surface area contributed by atoms with Crippen molar-refractivity contribution >= 4 is 29.1 Å². The van der Waals surface area contributed by atoms with Gasteiger partial charge >= 0.3 is 0 Å². The number of nitrogens with one attached hydrogen (secondary N) is 4. The summed E-state index contributed by atoms with van der Waals surface area (Å²) in [6.07, 6.45) is 2.04. The van der Waals surface area contributed by atoms with Gasteiger partial charge in [-0.1, -0.05) is 12.1 Å². The maximum Gasteiger partial charge on any atom is 0.251 e. The van der Waals surface area contributed by atoms with Gasteiger partial charge in [-0.15, -0.1) is 0 Å². The van der Waals surface area contributed by atoms with Crippen LogP contribution in [-0.2, 0) is 9.53 Å². The summed E-state index contributed by atoms with van der Waals surface area (Å²) in [7, 11) is 0. The second-order valence-electron chi connectivity index (χ2n) is 8.04. The van der Waals surface area contributed by atoms with E-state index in [-0.39, 0.29) is 36.4 Å². The van der Waals surface area contributed by atoms with Gasteiger partial charge in [-0.25, -0.2) is 0 Å². The molecule has 1 unspecified atom stereocenters. The first-order valence-corrected chi connectivity index (χ1v) is 10.9. The molecule has 32 heavy (non-hydrogen) atoms. The fraction of sp³-hybridized carbons (Fsp3) is 0.375. The molecule has 170 valence electrons. The molecule has 3 rings (SSSR count). The van der Waals surface area contributed by atoms with Crippen LogP contribution in [0.5, 0.6) is 0 Å². The Bertz CT molecular complexity index is 955.